The molecule has 17 heavy (non-hydrogen) atoms. The first-order valence-corrected chi connectivity index (χ1v) is 6.23. The summed E-state index contributed by atoms with van der Waals surface area (Å²) in [5.74, 6) is 1.55. The Balaban J connectivity index is 2.47. The van der Waals surface area contributed by atoms with Gasteiger partial charge in [-0.25, -0.2) is 0 Å². The lowest BCUT2D eigenvalue weighted by Gasteiger charge is -2.23. The van der Waals surface area contributed by atoms with Crippen molar-refractivity contribution < 1.29 is 4.74 Å². The fourth-order valence-corrected chi connectivity index (χ4v) is 1.86. The predicted octanol–water partition coefficient (Wildman–Crippen LogP) is 2.38. The van der Waals surface area contributed by atoms with Crippen molar-refractivity contribution >= 4 is 5.69 Å². The zero-order chi connectivity index (χ0) is 12.7. The van der Waals surface area contributed by atoms with E-state index in [1.807, 2.05) is 12.1 Å². The molecule has 3 heteroatoms. The van der Waals surface area contributed by atoms with Gasteiger partial charge in [0.15, 0.2) is 0 Å². The molecule has 0 radical (unpaired) electrons. The average Bonchev–Trinajstić information content (AvgIpc) is 2.36. The number of methoxy groups -OCH3 is 1. The van der Waals surface area contributed by atoms with Gasteiger partial charge < -0.3 is 15.0 Å². The van der Waals surface area contributed by atoms with E-state index in [9.17, 15) is 0 Å². The monoisotopic (exact) mass is 236 g/mol. The van der Waals surface area contributed by atoms with Gasteiger partial charge in [0.05, 0.1) is 7.11 Å². The zero-order valence-corrected chi connectivity index (χ0v) is 11.4. The fourth-order valence-electron chi connectivity index (χ4n) is 1.86. The molecule has 1 unspecified atom stereocenters. The second-order valence-corrected chi connectivity index (χ2v) is 4.49. The first-order chi connectivity index (χ1) is 8.17. The van der Waals surface area contributed by atoms with Crippen LogP contribution in [0.4, 0.5) is 5.69 Å². The van der Waals surface area contributed by atoms with Crippen LogP contribution in [-0.2, 0) is 0 Å². The third kappa shape index (κ3) is 4.65. The van der Waals surface area contributed by atoms with Gasteiger partial charge in [0, 0.05) is 19.3 Å². The van der Waals surface area contributed by atoms with Crippen LogP contribution in [0.2, 0.25) is 0 Å². The molecule has 1 aromatic rings. The van der Waals surface area contributed by atoms with Crippen molar-refractivity contribution in [3.05, 3.63) is 24.3 Å². The van der Waals surface area contributed by atoms with Crippen molar-refractivity contribution in [2.24, 2.45) is 5.92 Å². The molecule has 0 aliphatic rings. The number of anilines is 1. The van der Waals surface area contributed by atoms with Crippen LogP contribution in [0.3, 0.4) is 0 Å². The number of ether oxygens (including phenoxy) is 1. The van der Waals surface area contributed by atoms with Crippen LogP contribution in [0.1, 0.15) is 13.8 Å². The maximum atomic E-state index is 5.15. The number of nitrogens with zero attached hydrogens (tertiary/aromatic N) is 1. The number of hydrogen-bond acceptors (Lipinski definition) is 3. The van der Waals surface area contributed by atoms with E-state index in [2.05, 4.69) is 43.2 Å². The Morgan fingerprint density at radius 1 is 1.29 bits per heavy atom. The molecule has 0 heterocycles. The van der Waals surface area contributed by atoms with Gasteiger partial charge in [-0.3, -0.25) is 0 Å². The van der Waals surface area contributed by atoms with E-state index >= 15 is 0 Å². The van der Waals surface area contributed by atoms with E-state index in [0.29, 0.717) is 5.92 Å². The fraction of sp³-hybridized carbons (Fsp3) is 0.571. The highest BCUT2D eigenvalue weighted by Gasteiger charge is 2.06. The standard InChI is InChI=1S/C14H24N2O/c1-5-15-10-12(2)11-16(3)13-6-8-14(17-4)9-7-13/h6-9,12,15H,5,10-11H2,1-4H3. The molecular formula is C14H24N2O. The molecule has 0 fully saturated rings. The van der Waals surface area contributed by atoms with Crippen LogP contribution in [0.15, 0.2) is 24.3 Å². The Morgan fingerprint density at radius 3 is 2.47 bits per heavy atom. The van der Waals surface area contributed by atoms with E-state index < -0.39 is 0 Å². The minimum absolute atomic E-state index is 0.641. The molecule has 96 valence electrons. The summed E-state index contributed by atoms with van der Waals surface area (Å²) in [6, 6.07) is 8.19. The van der Waals surface area contributed by atoms with Crippen LogP contribution in [0.5, 0.6) is 5.75 Å². The van der Waals surface area contributed by atoms with E-state index in [1.165, 1.54) is 5.69 Å². The van der Waals surface area contributed by atoms with Crippen molar-refractivity contribution in [2.45, 2.75) is 13.8 Å². The van der Waals surface area contributed by atoms with Gasteiger partial charge in [-0.1, -0.05) is 13.8 Å². The van der Waals surface area contributed by atoms with Crippen molar-refractivity contribution in [1.82, 2.24) is 5.32 Å². The van der Waals surface area contributed by atoms with Crippen molar-refractivity contribution in [3.8, 4) is 5.75 Å². The van der Waals surface area contributed by atoms with Crippen molar-refractivity contribution in [1.29, 1.82) is 0 Å². The normalized spacial score (nSPS) is 12.2. The minimum atomic E-state index is 0.641. The van der Waals surface area contributed by atoms with Crippen LogP contribution in [0, 0.1) is 5.92 Å². The molecule has 0 amide bonds. The van der Waals surface area contributed by atoms with Gasteiger partial charge in [0.2, 0.25) is 0 Å². The van der Waals surface area contributed by atoms with Crippen molar-refractivity contribution in [3.63, 3.8) is 0 Å². The molecule has 1 rings (SSSR count). The molecule has 0 spiro atoms. The minimum Gasteiger partial charge on any atom is -0.497 e. The molecular weight excluding hydrogens is 212 g/mol. The van der Waals surface area contributed by atoms with Crippen LogP contribution < -0.4 is 15.0 Å². The maximum absolute atomic E-state index is 5.15. The zero-order valence-electron chi connectivity index (χ0n) is 11.4. The highest BCUT2D eigenvalue weighted by atomic mass is 16.5. The summed E-state index contributed by atoms with van der Waals surface area (Å²) in [5.41, 5.74) is 1.23. The Labute approximate surface area is 105 Å². The summed E-state index contributed by atoms with van der Waals surface area (Å²) in [6.45, 7) is 7.56. The molecule has 3 nitrogen and oxygen atoms in total. The van der Waals surface area contributed by atoms with E-state index in [1.54, 1.807) is 7.11 Å². The molecule has 0 saturated carbocycles. The Morgan fingerprint density at radius 2 is 1.94 bits per heavy atom. The predicted molar refractivity (Wildman–Crippen MR) is 74.0 cm³/mol. The number of nitrogens with one attached hydrogen (secondary N) is 1. The summed E-state index contributed by atoms with van der Waals surface area (Å²) in [4.78, 5) is 2.28. The first kappa shape index (κ1) is 13.8. The van der Waals surface area contributed by atoms with Gasteiger partial charge in [0.25, 0.3) is 0 Å². The SMILES string of the molecule is CCNCC(C)CN(C)c1ccc(OC)cc1. The molecule has 1 atom stereocenters. The molecule has 1 aromatic carbocycles. The van der Waals surface area contributed by atoms with E-state index in [0.717, 1.165) is 25.4 Å². The smallest absolute Gasteiger partial charge is 0.119 e. The second-order valence-electron chi connectivity index (χ2n) is 4.49. The quantitative estimate of drug-likeness (QED) is 0.786. The molecule has 1 N–H and O–H groups in total. The summed E-state index contributed by atoms with van der Waals surface area (Å²) in [5, 5.41) is 3.38. The average molecular weight is 236 g/mol. The Bertz CT molecular complexity index is 311. The summed E-state index contributed by atoms with van der Waals surface area (Å²) in [7, 11) is 3.82. The lowest BCUT2D eigenvalue weighted by atomic mass is 10.1. The van der Waals surface area contributed by atoms with E-state index in [4.69, 9.17) is 4.74 Å². The third-order valence-corrected chi connectivity index (χ3v) is 2.84. The highest BCUT2D eigenvalue weighted by molar-refractivity contribution is 5.48. The van der Waals surface area contributed by atoms with Gasteiger partial charge >= 0.3 is 0 Å². The Kier molecular flexibility index (Phi) is 5.84. The van der Waals surface area contributed by atoms with Crippen LogP contribution >= 0.6 is 0 Å². The number of hydrogen-bond donors (Lipinski definition) is 1. The summed E-state index contributed by atoms with van der Waals surface area (Å²) in [6.07, 6.45) is 0. The maximum Gasteiger partial charge on any atom is 0.119 e. The highest BCUT2D eigenvalue weighted by Crippen LogP contribution is 2.18. The van der Waals surface area contributed by atoms with Crippen LogP contribution in [-0.4, -0.2) is 33.8 Å². The molecule has 0 aliphatic carbocycles. The lowest BCUT2D eigenvalue weighted by molar-refractivity contribution is 0.415. The molecule has 0 bridgehead atoms. The van der Waals surface area contributed by atoms with Gasteiger partial charge in [-0.05, 0) is 43.3 Å². The third-order valence-electron chi connectivity index (χ3n) is 2.84. The summed E-state index contributed by atoms with van der Waals surface area (Å²) < 4.78 is 5.15. The Hall–Kier alpha value is -1.22. The summed E-state index contributed by atoms with van der Waals surface area (Å²) >= 11 is 0. The van der Waals surface area contributed by atoms with E-state index in [-0.39, 0.29) is 0 Å². The second kappa shape index (κ2) is 7.17. The molecule has 0 saturated heterocycles. The number of benzene rings is 1. The largest absolute Gasteiger partial charge is 0.497 e. The van der Waals surface area contributed by atoms with Gasteiger partial charge in [0.1, 0.15) is 5.75 Å². The number of rotatable bonds is 7. The van der Waals surface area contributed by atoms with Crippen molar-refractivity contribution in [2.75, 3.05) is 38.7 Å². The van der Waals surface area contributed by atoms with Crippen LogP contribution in [0.25, 0.3) is 0 Å². The molecule has 0 aromatic heterocycles. The van der Waals surface area contributed by atoms with Gasteiger partial charge in [-0.2, -0.15) is 0 Å². The van der Waals surface area contributed by atoms with Gasteiger partial charge in [-0.15, -0.1) is 0 Å². The first-order valence-electron chi connectivity index (χ1n) is 6.23. The lowest BCUT2D eigenvalue weighted by Crippen LogP contribution is -2.30. The topological polar surface area (TPSA) is 24.5 Å². The molecule has 0 aliphatic heterocycles.